The Morgan fingerprint density at radius 2 is 2.05 bits per heavy atom. The second-order valence-corrected chi connectivity index (χ2v) is 5.01. The Hall–Kier alpha value is -2.67. The van der Waals surface area contributed by atoms with Gasteiger partial charge in [0.2, 0.25) is 12.3 Å². The first-order chi connectivity index (χ1) is 10.8. The summed E-state index contributed by atoms with van der Waals surface area (Å²) in [6, 6.07) is 10.2. The second-order valence-electron chi connectivity index (χ2n) is 4.22. The van der Waals surface area contributed by atoms with Crippen molar-refractivity contribution in [2.75, 3.05) is 6.26 Å². The van der Waals surface area contributed by atoms with Crippen molar-refractivity contribution in [2.45, 2.75) is 5.03 Å². The van der Waals surface area contributed by atoms with E-state index in [4.69, 9.17) is 9.15 Å². The quantitative estimate of drug-likeness (QED) is 0.416. The Balaban J connectivity index is 1.77. The van der Waals surface area contributed by atoms with Crippen molar-refractivity contribution < 1.29 is 13.9 Å². The van der Waals surface area contributed by atoms with Gasteiger partial charge in [0.05, 0.1) is 5.56 Å². The minimum absolute atomic E-state index is 0.412. The SMILES string of the molecule is CSc1ncccc1C(=O)Oc1ccc(-c2nnco2)cc1. The molecule has 7 heteroatoms. The van der Waals surface area contributed by atoms with Crippen molar-refractivity contribution in [1.82, 2.24) is 15.2 Å². The average molecular weight is 313 g/mol. The van der Waals surface area contributed by atoms with Gasteiger partial charge < -0.3 is 9.15 Å². The third-order valence-electron chi connectivity index (χ3n) is 2.86. The Morgan fingerprint density at radius 3 is 2.73 bits per heavy atom. The normalized spacial score (nSPS) is 10.4. The van der Waals surface area contributed by atoms with Crippen molar-refractivity contribution in [2.24, 2.45) is 0 Å². The Labute approximate surface area is 130 Å². The predicted octanol–water partition coefficient (Wildman–Crippen LogP) is 3.07. The first kappa shape index (κ1) is 14.3. The summed E-state index contributed by atoms with van der Waals surface area (Å²) in [6.07, 6.45) is 4.76. The summed E-state index contributed by atoms with van der Waals surface area (Å²) in [5, 5.41) is 8.06. The number of ether oxygens (including phenoxy) is 1. The fraction of sp³-hybridized carbons (Fsp3) is 0.0667. The second kappa shape index (κ2) is 6.40. The van der Waals surface area contributed by atoms with Gasteiger partial charge >= 0.3 is 5.97 Å². The third kappa shape index (κ3) is 2.99. The van der Waals surface area contributed by atoms with Gasteiger partial charge in [0.15, 0.2) is 0 Å². The van der Waals surface area contributed by atoms with Gasteiger partial charge in [-0.3, -0.25) is 0 Å². The molecule has 2 heterocycles. The summed E-state index contributed by atoms with van der Waals surface area (Å²) in [5.74, 6) is 0.405. The molecule has 3 rings (SSSR count). The minimum Gasteiger partial charge on any atom is -0.423 e. The molecule has 0 bridgehead atoms. The Kier molecular flexibility index (Phi) is 4.15. The van der Waals surface area contributed by atoms with Crippen LogP contribution in [-0.4, -0.2) is 27.4 Å². The lowest BCUT2D eigenvalue weighted by Crippen LogP contribution is -2.10. The molecule has 0 aliphatic carbocycles. The first-order valence-electron chi connectivity index (χ1n) is 6.35. The van der Waals surface area contributed by atoms with Gasteiger partial charge in [-0.15, -0.1) is 22.0 Å². The van der Waals surface area contributed by atoms with Gasteiger partial charge in [0, 0.05) is 11.8 Å². The van der Waals surface area contributed by atoms with Gasteiger partial charge in [-0.2, -0.15) is 0 Å². The lowest BCUT2D eigenvalue weighted by Gasteiger charge is -2.07. The molecule has 0 spiro atoms. The zero-order chi connectivity index (χ0) is 15.4. The number of hydrogen-bond acceptors (Lipinski definition) is 7. The van der Waals surface area contributed by atoms with Crippen LogP contribution >= 0.6 is 11.8 Å². The van der Waals surface area contributed by atoms with E-state index in [0.29, 0.717) is 22.2 Å². The fourth-order valence-electron chi connectivity index (χ4n) is 1.84. The molecule has 1 aromatic carbocycles. The topological polar surface area (TPSA) is 78.1 Å². The van der Waals surface area contributed by atoms with E-state index in [9.17, 15) is 4.79 Å². The van der Waals surface area contributed by atoms with Crippen molar-refractivity contribution >= 4 is 17.7 Å². The van der Waals surface area contributed by atoms with Gasteiger partial charge in [-0.05, 0) is 42.7 Å². The van der Waals surface area contributed by atoms with E-state index in [0.717, 1.165) is 5.56 Å². The fourth-order valence-corrected chi connectivity index (χ4v) is 2.37. The van der Waals surface area contributed by atoms with E-state index >= 15 is 0 Å². The van der Waals surface area contributed by atoms with Gasteiger partial charge in [0.1, 0.15) is 10.8 Å². The van der Waals surface area contributed by atoms with Crippen molar-refractivity contribution in [1.29, 1.82) is 0 Å². The highest BCUT2D eigenvalue weighted by atomic mass is 32.2. The van der Waals surface area contributed by atoms with Crippen LogP contribution in [0, 0.1) is 0 Å². The molecule has 3 aromatic rings. The molecular formula is C15H11N3O3S. The summed E-state index contributed by atoms with van der Waals surface area (Å²) in [6.45, 7) is 0. The molecule has 0 fully saturated rings. The molecule has 2 aromatic heterocycles. The summed E-state index contributed by atoms with van der Waals surface area (Å²) < 4.78 is 10.5. The molecule has 110 valence electrons. The molecule has 0 atom stereocenters. The van der Waals surface area contributed by atoms with Crippen LogP contribution in [0.3, 0.4) is 0 Å². The van der Waals surface area contributed by atoms with Gasteiger partial charge in [0.25, 0.3) is 0 Å². The summed E-state index contributed by atoms with van der Waals surface area (Å²) in [7, 11) is 0. The Bertz CT molecular complexity index is 773. The number of hydrogen-bond donors (Lipinski definition) is 0. The maximum atomic E-state index is 12.2. The number of thioether (sulfide) groups is 1. The summed E-state index contributed by atoms with van der Waals surface area (Å²) in [5.41, 5.74) is 1.19. The molecule has 0 saturated carbocycles. The van der Waals surface area contributed by atoms with Crippen LogP contribution in [0.5, 0.6) is 5.75 Å². The number of pyridine rings is 1. The summed E-state index contributed by atoms with van der Waals surface area (Å²) >= 11 is 1.40. The van der Waals surface area contributed by atoms with Crippen LogP contribution in [0.15, 0.2) is 58.4 Å². The zero-order valence-electron chi connectivity index (χ0n) is 11.6. The largest absolute Gasteiger partial charge is 0.423 e. The number of aromatic nitrogens is 3. The molecular weight excluding hydrogens is 302 g/mol. The lowest BCUT2D eigenvalue weighted by molar-refractivity contribution is 0.0730. The minimum atomic E-state index is -0.442. The molecule has 0 aliphatic rings. The van der Waals surface area contributed by atoms with Crippen molar-refractivity contribution in [3.63, 3.8) is 0 Å². The van der Waals surface area contributed by atoms with Crippen LogP contribution in [-0.2, 0) is 0 Å². The summed E-state index contributed by atoms with van der Waals surface area (Å²) in [4.78, 5) is 16.3. The molecule has 22 heavy (non-hydrogen) atoms. The molecule has 0 N–H and O–H groups in total. The zero-order valence-corrected chi connectivity index (χ0v) is 12.4. The highest BCUT2D eigenvalue weighted by Gasteiger charge is 2.14. The molecule has 0 aliphatic heterocycles. The molecule has 0 radical (unpaired) electrons. The van der Waals surface area contributed by atoms with Crippen LogP contribution in [0.4, 0.5) is 0 Å². The molecule has 0 saturated heterocycles. The maximum absolute atomic E-state index is 12.2. The van der Waals surface area contributed by atoms with Crippen molar-refractivity contribution in [3.8, 4) is 17.2 Å². The van der Waals surface area contributed by atoms with Crippen molar-refractivity contribution in [3.05, 3.63) is 54.6 Å². The molecule has 0 amide bonds. The van der Waals surface area contributed by atoms with E-state index in [1.807, 2.05) is 6.26 Å². The molecule has 6 nitrogen and oxygen atoms in total. The number of rotatable bonds is 4. The average Bonchev–Trinajstić information content (AvgIpc) is 3.10. The van der Waals surface area contributed by atoms with Gasteiger partial charge in [-0.25, -0.2) is 9.78 Å². The number of esters is 1. The number of carbonyl (C=O) groups excluding carboxylic acids is 1. The smallest absolute Gasteiger partial charge is 0.346 e. The Morgan fingerprint density at radius 1 is 1.23 bits per heavy atom. The predicted molar refractivity (Wildman–Crippen MR) is 80.7 cm³/mol. The number of carbonyl (C=O) groups is 1. The monoisotopic (exact) mass is 313 g/mol. The number of nitrogens with zero attached hydrogens (tertiary/aromatic N) is 3. The lowest BCUT2D eigenvalue weighted by atomic mass is 10.2. The van der Waals surface area contributed by atoms with E-state index < -0.39 is 5.97 Å². The van der Waals surface area contributed by atoms with Crippen LogP contribution in [0.25, 0.3) is 11.5 Å². The van der Waals surface area contributed by atoms with Crippen LogP contribution < -0.4 is 4.74 Å². The first-order valence-corrected chi connectivity index (χ1v) is 7.58. The highest BCUT2D eigenvalue weighted by Crippen LogP contribution is 2.22. The van der Waals surface area contributed by atoms with E-state index in [-0.39, 0.29) is 0 Å². The standard InChI is InChI=1S/C15H11N3O3S/c1-22-14-12(3-2-8-16-14)15(19)21-11-6-4-10(5-7-11)13-18-17-9-20-13/h2-9H,1H3. The van der Waals surface area contributed by atoms with E-state index in [1.54, 1.807) is 42.6 Å². The third-order valence-corrected chi connectivity index (χ3v) is 3.57. The maximum Gasteiger partial charge on any atom is 0.346 e. The van der Waals surface area contributed by atoms with Gasteiger partial charge in [-0.1, -0.05) is 0 Å². The number of benzene rings is 1. The van der Waals surface area contributed by atoms with E-state index in [2.05, 4.69) is 15.2 Å². The van der Waals surface area contributed by atoms with Crippen LogP contribution in [0.1, 0.15) is 10.4 Å². The molecule has 0 unspecified atom stereocenters. The highest BCUT2D eigenvalue weighted by molar-refractivity contribution is 7.98. The van der Waals surface area contributed by atoms with E-state index in [1.165, 1.54) is 18.2 Å². The van der Waals surface area contributed by atoms with Crippen LogP contribution in [0.2, 0.25) is 0 Å².